The van der Waals surface area contributed by atoms with E-state index in [1.165, 1.54) is 63.7 Å². The van der Waals surface area contributed by atoms with Gasteiger partial charge < -0.3 is 9.64 Å². The van der Waals surface area contributed by atoms with Crippen LogP contribution in [0.15, 0.2) is 30.5 Å². The summed E-state index contributed by atoms with van der Waals surface area (Å²) < 4.78 is 5.89. The highest BCUT2D eigenvalue weighted by molar-refractivity contribution is 5.59. The molecule has 1 N–H and O–H groups in total. The van der Waals surface area contributed by atoms with E-state index in [2.05, 4.69) is 58.4 Å². The summed E-state index contributed by atoms with van der Waals surface area (Å²) in [6, 6.07) is 8.88. The Hall–Kier alpha value is -1.72. The number of aromatic nitrogens is 3. The first kappa shape index (κ1) is 19.6. The Morgan fingerprint density at radius 3 is 3.00 bits per heavy atom. The fraction of sp³-hybridized carbons (Fsp3) is 0.652. The second-order valence-corrected chi connectivity index (χ2v) is 8.94. The molecule has 4 rings (SSSR count). The Morgan fingerprint density at radius 2 is 2.25 bits per heavy atom. The van der Waals surface area contributed by atoms with Crippen molar-refractivity contribution in [3.63, 3.8) is 0 Å². The first-order valence-electron chi connectivity index (χ1n) is 11.0. The number of rotatable bonds is 6. The lowest BCUT2D eigenvalue weighted by molar-refractivity contribution is 0.00721. The van der Waals surface area contributed by atoms with Crippen LogP contribution in [-0.4, -0.2) is 52.7 Å². The highest BCUT2D eigenvalue weighted by Gasteiger charge is 2.38. The van der Waals surface area contributed by atoms with Crippen LogP contribution >= 0.6 is 0 Å². The molecule has 0 amide bonds. The topological polar surface area (TPSA) is 54.0 Å². The molecule has 0 bridgehead atoms. The van der Waals surface area contributed by atoms with Crippen molar-refractivity contribution in [1.82, 2.24) is 20.3 Å². The second kappa shape index (κ2) is 8.75. The van der Waals surface area contributed by atoms with Crippen molar-refractivity contribution < 1.29 is 4.74 Å². The molecule has 2 aromatic rings. The number of likely N-dealkylation sites (tertiary alicyclic amines) is 1. The Labute approximate surface area is 168 Å². The summed E-state index contributed by atoms with van der Waals surface area (Å²) in [5, 5.41) is 10.9. The number of hydrogen-bond acceptors (Lipinski definition) is 4. The monoisotopic (exact) mass is 382 g/mol. The minimum absolute atomic E-state index is 0.211. The maximum absolute atomic E-state index is 5.89. The molecule has 3 atom stereocenters. The lowest BCUT2D eigenvalue weighted by atomic mass is 9.67. The number of piperidine rings is 1. The molecule has 0 radical (unpaired) electrons. The minimum atomic E-state index is 0.211. The number of nitrogens with zero attached hydrogens (tertiary/aromatic N) is 3. The maximum Gasteiger partial charge on any atom is 0.112 e. The number of hydrogen-bond donors (Lipinski definition) is 1. The quantitative estimate of drug-likeness (QED) is 0.803. The van der Waals surface area contributed by atoms with Crippen molar-refractivity contribution >= 4 is 0 Å². The van der Waals surface area contributed by atoms with Crippen LogP contribution in [0.5, 0.6) is 0 Å². The van der Waals surface area contributed by atoms with Gasteiger partial charge in [-0.2, -0.15) is 15.4 Å². The van der Waals surface area contributed by atoms with Gasteiger partial charge in [-0.3, -0.25) is 0 Å². The van der Waals surface area contributed by atoms with E-state index in [1.807, 2.05) is 0 Å². The zero-order valence-electron chi connectivity index (χ0n) is 17.4. The van der Waals surface area contributed by atoms with E-state index in [9.17, 15) is 0 Å². The minimum Gasteiger partial charge on any atom is -0.378 e. The van der Waals surface area contributed by atoms with Gasteiger partial charge in [-0.1, -0.05) is 32.0 Å². The van der Waals surface area contributed by atoms with Gasteiger partial charge >= 0.3 is 0 Å². The SMILES string of the molecule is CC1CN(CCCC2CCCCO2)CCC1(C)c1cccc(-c2cn[nH]n2)c1. The van der Waals surface area contributed by atoms with Crippen molar-refractivity contribution in [2.24, 2.45) is 5.92 Å². The lowest BCUT2D eigenvalue weighted by Gasteiger charge is -2.45. The number of nitrogens with one attached hydrogen (secondary N) is 1. The van der Waals surface area contributed by atoms with Gasteiger partial charge in [-0.15, -0.1) is 0 Å². The summed E-state index contributed by atoms with van der Waals surface area (Å²) in [6.45, 7) is 9.39. The average molecular weight is 383 g/mol. The van der Waals surface area contributed by atoms with Crippen LogP contribution in [0.4, 0.5) is 0 Å². The number of benzene rings is 1. The molecule has 2 saturated heterocycles. The molecule has 2 aliphatic heterocycles. The first-order valence-corrected chi connectivity index (χ1v) is 11.0. The van der Waals surface area contributed by atoms with Crippen LogP contribution in [0.3, 0.4) is 0 Å². The summed E-state index contributed by atoms with van der Waals surface area (Å²) in [7, 11) is 0. The van der Waals surface area contributed by atoms with Gasteiger partial charge in [0.1, 0.15) is 5.69 Å². The van der Waals surface area contributed by atoms with Crippen LogP contribution in [0.2, 0.25) is 0 Å². The van der Waals surface area contributed by atoms with Crippen molar-refractivity contribution in [1.29, 1.82) is 0 Å². The summed E-state index contributed by atoms with van der Waals surface area (Å²) in [5.41, 5.74) is 3.70. The molecule has 1 aromatic heterocycles. The van der Waals surface area contributed by atoms with E-state index in [4.69, 9.17) is 4.74 Å². The van der Waals surface area contributed by atoms with Crippen LogP contribution in [0, 0.1) is 5.92 Å². The highest BCUT2D eigenvalue weighted by Crippen LogP contribution is 2.40. The fourth-order valence-electron chi connectivity index (χ4n) is 4.90. The molecule has 2 aliphatic rings. The normalized spacial score (nSPS) is 29.1. The Bertz CT molecular complexity index is 741. The molecule has 5 heteroatoms. The first-order chi connectivity index (χ1) is 13.6. The molecule has 5 nitrogen and oxygen atoms in total. The van der Waals surface area contributed by atoms with E-state index in [1.54, 1.807) is 6.20 Å². The summed E-state index contributed by atoms with van der Waals surface area (Å²) >= 11 is 0. The third-order valence-electron chi connectivity index (χ3n) is 7.07. The Balaban J connectivity index is 1.34. The van der Waals surface area contributed by atoms with E-state index in [0.717, 1.165) is 17.9 Å². The molecular formula is C23H34N4O. The Morgan fingerprint density at radius 1 is 1.32 bits per heavy atom. The van der Waals surface area contributed by atoms with Gasteiger partial charge in [0.2, 0.25) is 0 Å². The van der Waals surface area contributed by atoms with Gasteiger partial charge in [0.25, 0.3) is 0 Å². The third kappa shape index (κ3) is 4.31. The van der Waals surface area contributed by atoms with Crippen molar-refractivity contribution in [3.05, 3.63) is 36.0 Å². The summed E-state index contributed by atoms with van der Waals surface area (Å²) in [5.74, 6) is 0.625. The number of ether oxygens (including phenoxy) is 1. The smallest absolute Gasteiger partial charge is 0.112 e. The van der Waals surface area contributed by atoms with Crippen molar-refractivity contribution in [2.75, 3.05) is 26.2 Å². The maximum atomic E-state index is 5.89. The molecule has 3 unspecified atom stereocenters. The molecule has 3 heterocycles. The molecular weight excluding hydrogens is 348 g/mol. The fourth-order valence-corrected chi connectivity index (χ4v) is 4.90. The number of aromatic amines is 1. The van der Waals surface area contributed by atoms with Gasteiger partial charge in [-0.05, 0) is 74.6 Å². The average Bonchev–Trinajstić information content (AvgIpc) is 3.27. The Kier molecular flexibility index (Phi) is 6.12. The zero-order valence-corrected chi connectivity index (χ0v) is 17.4. The van der Waals surface area contributed by atoms with E-state index in [0.29, 0.717) is 12.0 Å². The third-order valence-corrected chi connectivity index (χ3v) is 7.07. The zero-order chi connectivity index (χ0) is 19.4. The van der Waals surface area contributed by atoms with Crippen LogP contribution in [0.25, 0.3) is 11.3 Å². The molecule has 1 aromatic carbocycles. The molecule has 2 fully saturated rings. The van der Waals surface area contributed by atoms with Crippen LogP contribution in [0.1, 0.15) is 57.9 Å². The molecule has 28 heavy (non-hydrogen) atoms. The standard InChI is InChI=1S/C23H34N4O/c1-18-17-27(12-6-10-21-9-3-4-14-28-21)13-11-23(18,2)20-8-5-7-19(15-20)22-16-24-26-25-22/h5,7-8,15-16,18,21H,3-4,6,9-14,17H2,1-2H3,(H,24,25,26). The molecule has 152 valence electrons. The summed E-state index contributed by atoms with van der Waals surface area (Å²) in [6.07, 6.45) is 9.85. The lowest BCUT2D eigenvalue weighted by Crippen LogP contribution is -2.47. The van der Waals surface area contributed by atoms with Crippen molar-refractivity contribution in [2.45, 2.75) is 63.9 Å². The van der Waals surface area contributed by atoms with E-state index in [-0.39, 0.29) is 5.41 Å². The van der Waals surface area contributed by atoms with E-state index < -0.39 is 0 Å². The second-order valence-electron chi connectivity index (χ2n) is 8.94. The molecule has 0 aliphatic carbocycles. The summed E-state index contributed by atoms with van der Waals surface area (Å²) in [4.78, 5) is 2.66. The molecule has 0 saturated carbocycles. The molecule has 0 spiro atoms. The predicted molar refractivity (Wildman–Crippen MR) is 112 cm³/mol. The van der Waals surface area contributed by atoms with Gasteiger partial charge in [0.15, 0.2) is 0 Å². The highest BCUT2D eigenvalue weighted by atomic mass is 16.5. The van der Waals surface area contributed by atoms with Gasteiger partial charge in [0, 0.05) is 18.7 Å². The number of H-pyrrole nitrogens is 1. The van der Waals surface area contributed by atoms with Crippen LogP contribution < -0.4 is 0 Å². The van der Waals surface area contributed by atoms with E-state index >= 15 is 0 Å². The van der Waals surface area contributed by atoms with Gasteiger partial charge in [-0.25, -0.2) is 0 Å². The predicted octanol–water partition coefficient (Wildman–Crippen LogP) is 4.42. The van der Waals surface area contributed by atoms with Crippen molar-refractivity contribution in [3.8, 4) is 11.3 Å². The van der Waals surface area contributed by atoms with Crippen LogP contribution in [-0.2, 0) is 10.2 Å². The largest absolute Gasteiger partial charge is 0.378 e. The van der Waals surface area contributed by atoms with Gasteiger partial charge in [0.05, 0.1) is 12.3 Å².